The van der Waals surface area contributed by atoms with Crippen LogP contribution < -0.4 is 0 Å². The number of aryl methyl sites for hydroxylation is 1. The first-order valence-electron chi connectivity index (χ1n) is 4.83. The normalized spacial score (nSPS) is 12.7. The molecular formula is C9H14N2O4. The lowest BCUT2D eigenvalue weighted by Gasteiger charge is -2.04. The molecule has 15 heavy (non-hydrogen) atoms. The molecule has 0 aliphatic rings. The van der Waals surface area contributed by atoms with Gasteiger partial charge in [-0.15, -0.1) is 0 Å². The highest BCUT2D eigenvalue weighted by Gasteiger charge is 2.25. The van der Waals surface area contributed by atoms with Gasteiger partial charge in [-0.05, 0) is 13.3 Å². The highest BCUT2D eigenvalue weighted by atomic mass is 16.6. The summed E-state index contributed by atoms with van der Waals surface area (Å²) in [5.74, 6) is 0.151. The fraction of sp³-hybridized carbons (Fsp3) is 0.667. The predicted molar refractivity (Wildman–Crippen MR) is 52.5 cm³/mol. The van der Waals surface area contributed by atoms with Gasteiger partial charge in [0.2, 0.25) is 5.76 Å². The van der Waals surface area contributed by atoms with E-state index < -0.39 is 11.0 Å². The standard InChI is InChI=1S/C9H14N2O4/c1-3-4-7(12)5-8-9(11(13)14)6(2)10-15-8/h7,12H,3-5H2,1-2H3. The molecule has 0 amide bonds. The minimum absolute atomic E-state index is 0.120. The second-order valence-corrected chi connectivity index (χ2v) is 3.44. The van der Waals surface area contributed by atoms with Crippen LogP contribution in [0.3, 0.4) is 0 Å². The van der Waals surface area contributed by atoms with Crippen LogP contribution in [-0.4, -0.2) is 21.3 Å². The van der Waals surface area contributed by atoms with Gasteiger partial charge in [-0.2, -0.15) is 0 Å². The predicted octanol–water partition coefficient (Wildman–Crippen LogP) is 1.59. The minimum atomic E-state index is -0.610. The summed E-state index contributed by atoms with van der Waals surface area (Å²) < 4.78 is 4.82. The summed E-state index contributed by atoms with van der Waals surface area (Å²) in [6.45, 7) is 3.45. The smallest absolute Gasteiger partial charge is 0.334 e. The lowest BCUT2D eigenvalue weighted by molar-refractivity contribution is -0.386. The molecule has 1 atom stereocenters. The largest absolute Gasteiger partial charge is 0.393 e. The maximum atomic E-state index is 10.7. The fourth-order valence-electron chi connectivity index (χ4n) is 1.43. The topological polar surface area (TPSA) is 89.4 Å². The van der Waals surface area contributed by atoms with Crippen molar-refractivity contribution < 1.29 is 14.6 Å². The van der Waals surface area contributed by atoms with E-state index in [1.807, 2.05) is 6.92 Å². The fourth-order valence-corrected chi connectivity index (χ4v) is 1.43. The van der Waals surface area contributed by atoms with Crippen LogP contribution >= 0.6 is 0 Å². The van der Waals surface area contributed by atoms with Crippen LogP contribution in [0.25, 0.3) is 0 Å². The summed E-state index contributed by atoms with van der Waals surface area (Å²) in [4.78, 5) is 10.1. The summed E-state index contributed by atoms with van der Waals surface area (Å²) in [6, 6.07) is 0. The third kappa shape index (κ3) is 2.76. The van der Waals surface area contributed by atoms with Gasteiger partial charge in [0.15, 0.2) is 5.69 Å². The average Bonchev–Trinajstić information content (AvgIpc) is 2.47. The zero-order chi connectivity index (χ0) is 11.4. The first-order chi connectivity index (χ1) is 7.06. The number of nitrogens with zero attached hydrogens (tertiary/aromatic N) is 2. The van der Waals surface area contributed by atoms with E-state index in [1.165, 1.54) is 6.92 Å². The van der Waals surface area contributed by atoms with E-state index in [1.54, 1.807) is 0 Å². The quantitative estimate of drug-likeness (QED) is 0.593. The lowest BCUT2D eigenvalue weighted by atomic mass is 10.1. The second kappa shape index (κ2) is 4.88. The van der Waals surface area contributed by atoms with Gasteiger partial charge in [-0.25, -0.2) is 0 Å². The Kier molecular flexibility index (Phi) is 3.79. The first kappa shape index (κ1) is 11.6. The van der Waals surface area contributed by atoms with Gasteiger partial charge in [-0.3, -0.25) is 10.1 Å². The van der Waals surface area contributed by atoms with Crippen LogP contribution in [0.2, 0.25) is 0 Å². The van der Waals surface area contributed by atoms with Crippen LogP contribution in [0.4, 0.5) is 5.69 Å². The van der Waals surface area contributed by atoms with Crippen molar-refractivity contribution in [3.8, 4) is 0 Å². The first-order valence-corrected chi connectivity index (χ1v) is 4.83. The van der Waals surface area contributed by atoms with Crippen molar-refractivity contribution in [3.63, 3.8) is 0 Å². The highest BCUT2D eigenvalue weighted by Crippen LogP contribution is 2.24. The maximum Gasteiger partial charge on any atom is 0.334 e. The molecule has 1 N–H and O–H groups in total. The Hall–Kier alpha value is -1.43. The number of nitro groups is 1. The van der Waals surface area contributed by atoms with Crippen LogP contribution in [0.1, 0.15) is 31.2 Å². The third-order valence-corrected chi connectivity index (χ3v) is 2.13. The van der Waals surface area contributed by atoms with Gasteiger partial charge < -0.3 is 9.63 Å². The zero-order valence-electron chi connectivity index (χ0n) is 8.77. The summed E-state index contributed by atoms with van der Waals surface area (Å²) in [5.41, 5.74) is 0.129. The number of aliphatic hydroxyl groups excluding tert-OH is 1. The molecule has 0 aliphatic carbocycles. The van der Waals surface area contributed by atoms with Gasteiger partial charge in [0, 0.05) is 6.42 Å². The lowest BCUT2D eigenvalue weighted by Crippen LogP contribution is -2.10. The van der Waals surface area contributed by atoms with E-state index in [9.17, 15) is 15.2 Å². The second-order valence-electron chi connectivity index (χ2n) is 3.44. The Morgan fingerprint density at radius 3 is 2.87 bits per heavy atom. The molecule has 1 rings (SSSR count). The third-order valence-electron chi connectivity index (χ3n) is 2.13. The van der Waals surface area contributed by atoms with E-state index in [-0.39, 0.29) is 23.6 Å². The van der Waals surface area contributed by atoms with Crippen molar-refractivity contribution in [3.05, 3.63) is 21.6 Å². The van der Waals surface area contributed by atoms with Gasteiger partial charge in [0.1, 0.15) is 0 Å². The average molecular weight is 214 g/mol. The van der Waals surface area contributed by atoms with Crippen molar-refractivity contribution in [2.75, 3.05) is 0 Å². The monoisotopic (exact) mass is 214 g/mol. The van der Waals surface area contributed by atoms with Crippen LogP contribution in [0.5, 0.6) is 0 Å². The van der Waals surface area contributed by atoms with Crippen molar-refractivity contribution in [2.24, 2.45) is 0 Å². The van der Waals surface area contributed by atoms with Crippen molar-refractivity contribution >= 4 is 5.69 Å². The summed E-state index contributed by atoms with van der Waals surface area (Å²) >= 11 is 0. The van der Waals surface area contributed by atoms with Crippen LogP contribution in [0, 0.1) is 17.0 Å². The summed E-state index contributed by atoms with van der Waals surface area (Å²) in [5, 5.41) is 23.7. The SMILES string of the molecule is CCCC(O)Cc1onc(C)c1[N+](=O)[O-]. The van der Waals surface area contributed by atoms with Crippen LogP contribution in [-0.2, 0) is 6.42 Å². The molecule has 0 saturated heterocycles. The van der Waals surface area contributed by atoms with Crippen molar-refractivity contribution in [1.29, 1.82) is 0 Å². The molecule has 0 saturated carbocycles. The zero-order valence-corrected chi connectivity index (χ0v) is 8.77. The van der Waals surface area contributed by atoms with Crippen molar-refractivity contribution in [1.82, 2.24) is 5.16 Å². The van der Waals surface area contributed by atoms with Gasteiger partial charge in [0.05, 0.1) is 11.0 Å². The minimum Gasteiger partial charge on any atom is -0.393 e. The van der Waals surface area contributed by atoms with Gasteiger partial charge in [0.25, 0.3) is 0 Å². The van der Waals surface area contributed by atoms with Gasteiger partial charge in [-0.1, -0.05) is 18.5 Å². The summed E-state index contributed by atoms with van der Waals surface area (Å²) in [7, 11) is 0. The molecule has 0 aromatic carbocycles. The Balaban J connectivity index is 2.81. The molecular weight excluding hydrogens is 200 g/mol. The number of hydrogen-bond donors (Lipinski definition) is 1. The molecule has 0 bridgehead atoms. The molecule has 1 aromatic rings. The number of hydrogen-bond acceptors (Lipinski definition) is 5. The molecule has 1 unspecified atom stereocenters. The molecule has 84 valence electrons. The number of rotatable bonds is 5. The van der Waals surface area contributed by atoms with E-state index in [2.05, 4.69) is 5.16 Å². The Morgan fingerprint density at radius 2 is 2.33 bits per heavy atom. The molecule has 0 radical (unpaired) electrons. The molecule has 6 nitrogen and oxygen atoms in total. The number of aliphatic hydroxyl groups is 1. The van der Waals surface area contributed by atoms with E-state index >= 15 is 0 Å². The molecule has 6 heteroatoms. The molecule has 1 aromatic heterocycles. The maximum absolute atomic E-state index is 10.7. The van der Waals surface area contributed by atoms with Gasteiger partial charge >= 0.3 is 5.69 Å². The van der Waals surface area contributed by atoms with E-state index in [0.717, 1.165) is 6.42 Å². The molecule has 0 spiro atoms. The van der Waals surface area contributed by atoms with Crippen LogP contribution in [0.15, 0.2) is 4.52 Å². The Morgan fingerprint density at radius 1 is 1.67 bits per heavy atom. The Labute approximate surface area is 87.0 Å². The van der Waals surface area contributed by atoms with E-state index in [0.29, 0.717) is 6.42 Å². The Bertz CT molecular complexity index is 348. The van der Waals surface area contributed by atoms with E-state index in [4.69, 9.17) is 4.52 Å². The molecule has 0 aliphatic heterocycles. The van der Waals surface area contributed by atoms with Crippen molar-refractivity contribution in [2.45, 2.75) is 39.2 Å². The number of aromatic nitrogens is 1. The summed E-state index contributed by atoms with van der Waals surface area (Å²) in [6.07, 6.45) is 0.949. The highest BCUT2D eigenvalue weighted by molar-refractivity contribution is 5.37. The molecule has 0 fully saturated rings. The molecule has 1 heterocycles.